The van der Waals surface area contributed by atoms with Gasteiger partial charge in [-0.3, -0.25) is 0 Å². The number of thioether (sulfide) groups is 1. The third-order valence-corrected chi connectivity index (χ3v) is 8.88. The number of carbonyl (C=O) groups is 1. The molecule has 7 nitrogen and oxygen atoms in total. The Balaban J connectivity index is 1.92. The average Bonchev–Trinajstić information content (AvgIpc) is 3.17. The molecule has 0 saturated heterocycles. The number of nitrogens with one attached hydrogen (secondary N) is 1. The van der Waals surface area contributed by atoms with Gasteiger partial charge in [-0.25, -0.2) is 18.6 Å². The lowest BCUT2D eigenvalue weighted by Crippen LogP contribution is -2.29. The van der Waals surface area contributed by atoms with Crippen LogP contribution in [0.15, 0.2) is 67.6 Å². The molecule has 0 aliphatic heterocycles. The first-order valence-corrected chi connectivity index (χ1v) is 13.9. The Labute approximate surface area is 208 Å². The van der Waals surface area contributed by atoms with E-state index < -0.39 is 21.5 Å². The Morgan fingerprint density at radius 3 is 2.53 bits per heavy atom. The van der Waals surface area contributed by atoms with Gasteiger partial charge >= 0.3 is 6.09 Å². The molecule has 34 heavy (non-hydrogen) atoms. The Hall–Kier alpha value is -2.82. The molecule has 0 atom stereocenters. The highest BCUT2D eigenvalue weighted by Crippen LogP contribution is 2.38. The summed E-state index contributed by atoms with van der Waals surface area (Å²) in [6, 6.07) is 13.9. The number of ether oxygens (including phenoxy) is 1. The Morgan fingerprint density at radius 1 is 1.18 bits per heavy atom. The number of rotatable bonds is 6. The van der Waals surface area contributed by atoms with E-state index in [1.807, 2.05) is 31.4 Å². The number of nitrogens with two attached hydrogens (primary N) is 1. The summed E-state index contributed by atoms with van der Waals surface area (Å²) < 4.78 is 32.9. The van der Waals surface area contributed by atoms with E-state index in [1.54, 1.807) is 51.1 Å². The molecule has 1 aromatic heterocycles. The Morgan fingerprint density at radius 2 is 1.88 bits per heavy atom. The van der Waals surface area contributed by atoms with E-state index in [2.05, 4.69) is 10.5 Å². The van der Waals surface area contributed by atoms with Crippen molar-refractivity contribution in [3.8, 4) is 11.1 Å². The maximum atomic E-state index is 13.5. The zero-order chi connectivity index (χ0) is 25.1. The van der Waals surface area contributed by atoms with Gasteiger partial charge in [0.2, 0.25) is 9.84 Å². The second kappa shape index (κ2) is 10.2. The smallest absolute Gasteiger partial charge is 0.428 e. The number of hydrogen-bond acceptors (Lipinski definition) is 8. The number of aryl methyl sites for hydroxylation is 1. The molecule has 3 rings (SSSR count). The van der Waals surface area contributed by atoms with Crippen LogP contribution in [0.5, 0.6) is 0 Å². The fraction of sp³-hybridized carbons (Fsp3) is 0.250. The maximum absolute atomic E-state index is 13.5. The van der Waals surface area contributed by atoms with Crippen LogP contribution < -0.4 is 11.2 Å². The number of benzene rings is 2. The van der Waals surface area contributed by atoms with E-state index in [0.717, 1.165) is 16.7 Å². The second-order valence-corrected chi connectivity index (χ2v) is 12.5. The highest BCUT2D eigenvalue weighted by molar-refractivity contribution is 8.01. The highest BCUT2D eigenvalue weighted by Gasteiger charge is 2.25. The Bertz CT molecular complexity index is 1320. The van der Waals surface area contributed by atoms with Crippen molar-refractivity contribution in [3.63, 3.8) is 0 Å². The molecule has 180 valence electrons. The number of anilines is 1. The van der Waals surface area contributed by atoms with Crippen molar-refractivity contribution < 1.29 is 17.9 Å². The molecule has 0 spiro atoms. The number of nitrogen functional groups attached to an aromatic ring is 1. The van der Waals surface area contributed by atoms with Gasteiger partial charge in [0, 0.05) is 16.1 Å². The van der Waals surface area contributed by atoms with Crippen molar-refractivity contribution in [3.05, 3.63) is 59.0 Å². The largest absolute Gasteiger partial charge is 0.443 e. The first-order chi connectivity index (χ1) is 15.9. The lowest BCUT2D eigenvalue weighted by molar-refractivity contribution is 0.0529. The zero-order valence-electron chi connectivity index (χ0n) is 19.6. The van der Waals surface area contributed by atoms with E-state index in [4.69, 9.17) is 10.5 Å². The van der Waals surface area contributed by atoms with Gasteiger partial charge in [-0.1, -0.05) is 24.3 Å². The van der Waals surface area contributed by atoms with Crippen LogP contribution in [0.3, 0.4) is 0 Å². The third kappa shape index (κ3) is 5.99. The lowest BCUT2D eigenvalue weighted by Gasteiger charge is -2.18. The van der Waals surface area contributed by atoms with Crippen LogP contribution in [0.1, 0.15) is 31.2 Å². The summed E-state index contributed by atoms with van der Waals surface area (Å²) in [5.74, 6) is 0. The van der Waals surface area contributed by atoms with E-state index >= 15 is 0 Å². The second-order valence-electron chi connectivity index (χ2n) is 8.45. The van der Waals surface area contributed by atoms with Crippen LogP contribution in [0.2, 0.25) is 0 Å². The van der Waals surface area contributed by atoms with Crippen LogP contribution in [-0.4, -0.2) is 32.6 Å². The summed E-state index contributed by atoms with van der Waals surface area (Å²) >= 11 is 2.61. The van der Waals surface area contributed by atoms with Crippen molar-refractivity contribution in [2.45, 2.75) is 47.3 Å². The van der Waals surface area contributed by atoms with E-state index in [9.17, 15) is 13.2 Å². The molecule has 0 unspecified atom stereocenters. The fourth-order valence-electron chi connectivity index (χ4n) is 3.25. The predicted molar refractivity (Wildman–Crippen MR) is 140 cm³/mol. The van der Waals surface area contributed by atoms with Gasteiger partial charge in [0.1, 0.15) is 5.60 Å². The zero-order valence-corrected chi connectivity index (χ0v) is 22.0. The van der Waals surface area contributed by atoms with Gasteiger partial charge in [-0.05, 0) is 69.3 Å². The Kier molecular flexibility index (Phi) is 7.74. The SMILES string of the molecule is CSc1sc(C=NNC(=O)OC(C)(C)C)cc1S(=O)(=O)c1cccc(-c2c(C)cccc2N)c1. The van der Waals surface area contributed by atoms with Crippen molar-refractivity contribution >= 4 is 50.9 Å². The van der Waals surface area contributed by atoms with E-state index in [-0.39, 0.29) is 9.79 Å². The molecule has 0 aliphatic carbocycles. The number of hydrogen-bond donors (Lipinski definition) is 2. The van der Waals surface area contributed by atoms with Gasteiger partial charge in [-0.15, -0.1) is 23.1 Å². The minimum absolute atomic E-state index is 0.177. The van der Waals surface area contributed by atoms with Crippen molar-refractivity contribution in [2.24, 2.45) is 5.10 Å². The molecule has 0 fully saturated rings. The molecular weight excluding hydrogens is 490 g/mol. The van der Waals surface area contributed by atoms with Crippen LogP contribution in [0, 0.1) is 6.92 Å². The lowest BCUT2D eigenvalue weighted by atomic mass is 9.99. The average molecular weight is 518 g/mol. The number of hydrazone groups is 1. The van der Waals surface area contributed by atoms with Gasteiger partial charge in [0.25, 0.3) is 0 Å². The number of thiophene rings is 1. The van der Waals surface area contributed by atoms with E-state index in [1.165, 1.54) is 29.3 Å². The van der Waals surface area contributed by atoms with Crippen LogP contribution in [-0.2, 0) is 14.6 Å². The van der Waals surface area contributed by atoms with Crippen molar-refractivity contribution in [1.29, 1.82) is 0 Å². The molecule has 2 aromatic carbocycles. The molecule has 0 saturated carbocycles. The number of sulfone groups is 1. The number of nitrogens with zero attached hydrogens (tertiary/aromatic N) is 1. The van der Waals surface area contributed by atoms with Gasteiger partial charge in [0.15, 0.2) is 0 Å². The molecular formula is C24H27N3O4S3. The molecule has 1 heterocycles. The highest BCUT2D eigenvalue weighted by atomic mass is 32.2. The van der Waals surface area contributed by atoms with Crippen molar-refractivity contribution in [2.75, 3.05) is 12.0 Å². The maximum Gasteiger partial charge on any atom is 0.428 e. The fourth-order valence-corrected chi connectivity index (χ4v) is 7.19. The van der Waals surface area contributed by atoms with Crippen LogP contribution >= 0.6 is 23.1 Å². The summed E-state index contributed by atoms with van der Waals surface area (Å²) in [6.45, 7) is 7.19. The van der Waals surface area contributed by atoms with Crippen LogP contribution in [0.25, 0.3) is 11.1 Å². The standard InChI is InChI=1S/C24H27N3O4S3/c1-15-8-6-11-19(25)21(15)16-9-7-10-18(12-16)34(29,30)20-13-17(33-22(20)32-5)14-26-27-23(28)31-24(2,3)4/h6-14H,25H2,1-5H3,(H,27,28). The van der Waals surface area contributed by atoms with Gasteiger partial charge in [-0.2, -0.15) is 5.10 Å². The van der Waals surface area contributed by atoms with Crippen LogP contribution in [0.4, 0.5) is 10.5 Å². The molecule has 3 aromatic rings. The number of amides is 1. The summed E-state index contributed by atoms with van der Waals surface area (Å²) in [5.41, 5.74) is 10.9. The summed E-state index contributed by atoms with van der Waals surface area (Å²) in [6.07, 6.45) is 2.53. The minimum Gasteiger partial charge on any atom is -0.443 e. The molecule has 3 N–H and O–H groups in total. The third-order valence-electron chi connectivity index (χ3n) is 4.64. The quantitative estimate of drug-likeness (QED) is 0.187. The van der Waals surface area contributed by atoms with Crippen molar-refractivity contribution in [1.82, 2.24) is 5.43 Å². The normalized spacial score (nSPS) is 12.1. The molecule has 0 radical (unpaired) electrons. The molecule has 1 amide bonds. The number of carbonyl (C=O) groups excluding carboxylic acids is 1. The first-order valence-electron chi connectivity index (χ1n) is 10.3. The summed E-state index contributed by atoms with van der Waals surface area (Å²) in [4.78, 5) is 12.7. The summed E-state index contributed by atoms with van der Waals surface area (Å²) in [7, 11) is -3.81. The summed E-state index contributed by atoms with van der Waals surface area (Å²) in [5, 5.41) is 3.89. The van der Waals surface area contributed by atoms with E-state index in [0.29, 0.717) is 14.8 Å². The molecule has 10 heteroatoms. The van der Waals surface area contributed by atoms with Gasteiger partial charge < -0.3 is 10.5 Å². The topological polar surface area (TPSA) is 111 Å². The monoisotopic (exact) mass is 517 g/mol. The molecule has 0 bridgehead atoms. The van der Waals surface area contributed by atoms with Gasteiger partial charge in [0.05, 0.1) is 20.2 Å². The molecule has 0 aliphatic rings. The minimum atomic E-state index is -3.81. The predicted octanol–water partition coefficient (Wildman–Crippen LogP) is 5.72. The first kappa shape index (κ1) is 25.8.